The Labute approximate surface area is 195 Å². The molecule has 0 radical (unpaired) electrons. The van der Waals surface area contributed by atoms with E-state index in [1.807, 2.05) is 24.4 Å². The summed E-state index contributed by atoms with van der Waals surface area (Å²) in [4.78, 5) is 24.1. The van der Waals surface area contributed by atoms with E-state index in [0.29, 0.717) is 18.3 Å². The van der Waals surface area contributed by atoms with Crippen LogP contribution in [0.4, 0.5) is 11.8 Å². The Morgan fingerprint density at radius 3 is 2.41 bits per heavy atom. The van der Waals surface area contributed by atoms with Gasteiger partial charge in [0.25, 0.3) is 5.89 Å². The maximum Gasteiger partial charge on any atom is 0.259 e. The van der Waals surface area contributed by atoms with Crippen LogP contribution in [0, 0.1) is 0 Å². The van der Waals surface area contributed by atoms with E-state index in [4.69, 9.17) is 15.2 Å². The lowest BCUT2D eigenvalue weighted by atomic mass is 9.64. The Bertz CT molecular complexity index is 1280. The number of nitrogens with zero attached hydrogens (tertiary/aromatic N) is 7. The number of β-amino-alcohol motifs (C(OH)–C–C–N with tert-alkyl or cyclic N) is 1. The Hall–Kier alpha value is -3.92. The van der Waals surface area contributed by atoms with E-state index in [9.17, 15) is 5.11 Å². The fraction of sp³-hybridized carbons (Fsp3) is 0.333. The summed E-state index contributed by atoms with van der Waals surface area (Å²) in [6, 6.07) is 7.89. The van der Waals surface area contributed by atoms with Crippen LogP contribution in [0.1, 0.15) is 37.1 Å². The van der Waals surface area contributed by atoms with E-state index in [1.54, 1.807) is 18.6 Å². The average molecular weight is 457 g/mol. The number of aliphatic hydroxyl groups excluding tert-OH is 1. The number of nitrogen functional groups attached to an aromatic ring is 1. The summed E-state index contributed by atoms with van der Waals surface area (Å²) >= 11 is 0. The van der Waals surface area contributed by atoms with Gasteiger partial charge in [-0.25, -0.2) is 15.0 Å². The molecular weight excluding hydrogens is 432 g/mol. The summed E-state index contributed by atoms with van der Waals surface area (Å²) < 4.78 is 5.64. The molecule has 1 atom stereocenters. The molecule has 34 heavy (non-hydrogen) atoms. The molecular formula is C24H24N8O2. The van der Waals surface area contributed by atoms with Gasteiger partial charge in [0.15, 0.2) is 5.82 Å². The largest absolute Gasteiger partial charge is 0.391 e. The van der Waals surface area contributed by atoms with Crippen molar-refractivity contribution in [2.45, 2.75) is 37.2 Å². The van der Waals surface area contributed by atoms with Crippen LogP contribution in [-0.4, -0.2) is 54.4 Å². The lowest BCUT2D eigenvalue weighted by Crippen LogP contribution is -2.36. The van der Waals surface area contributed by atoms with Crippen molar-refractivity contribution in [1.29, 1.82) is 0 Å². The van der Waals surface area contributed by atoms with Crippen molar-refractivity contribution >= 4 is 11.8 Å². The summed E-state index contributed by atoms with van der Waals surface area (Å²) in [5.41, 5.74) is 8.70. The van der Waals surface area contributed by atoms with E-state index in [1.165, 1.54) is 0 Å². The third-order valence-electron chi connectivity index (χ3n) is 6.83. The second-order valence-electron chi connectivity index (χ2n) is 8.91. The van der Waals surface area contributed by atoms with Crippen molar-refractivity contribution in [1.82, 2.24) is 30.1 Å². The minimum absolute atomic E-state index is 0.237. The molecule has 0 unspecified atom stereocenters. The molecule has 2 aliphatic rings. The molecule has 0 aromatic carbocycles. The molecule has 2 fully saturated rings. The van der Waals surface area contributed by atoms with Gasteiger partial charge < -0.3 is 20.3 Å². The average Bonchev–Trinajstić information content (AvgIpc) is 3.50. The van der Waals surface area contributed by atoms with Crippen LogP contribution in [0.3, 0.4) is 0 Å². The van der Waals surface area contributed by atoms with Crippen LogP contribution in [0.2, 0.25) is 0 Å². The zero-order valence-electron chi connectivity index (χ0n) is 18.5. The highest BCUT2D eigenvalue weighted by molar-refractivity contribution is 5.58. The Morgan fingerprint density at radius 2 is 1.79 bits per heavy atom. The van der Waals surface area contributed by atoms with Gasteiger partial charge in [-0.3, -0.25) is 4.98 Å². The third kappa shape index (κ3) is 3.56. The van der Waals surface area contributed by atoms with Crippen LogP contribution in [0.5, 0.6) is 0 Å². The first-order chi connectivity index (χ1) is 16.6. The van der Waals surface area contributed by atoms with Crippen LogP contribution in [0.25, 0.3) is 22.7 Å². The smallest absolute Gasteiger partial charge is 0.259 e. The van der Waals surface area contributed by atoms with Crippen LogP contribution < -0.4 is 10.6 Å². The standard InChI is InChI=1S/C24H24N8O2/c25-23-28-11-16(12-29-23)19-4-3-17(13-26-19)24(7-1-8-24)22-30-21(34-31-22)15-2-5-20(27-10-15)32-9-6-18(33)14-32/h2-5,10-13,18,33H,1,6-9,14H2,(H2,25,28,29)/t18-/m0/s1. The van der Waals surface area contributed by atoms with E-state index in [-0.39, 0.29) is 17.5 Å². The molecule has 6 rings (SSSR count). The lowest BCUT2D eigenvalue weighted by Gasteiger charge is -2.39. The second kappa shape index (κ2) is 8.14. The molecule has 10 heteroatoms. The van der Waals surface area contributed by atoms with Gasteiger partial charge >= 0.3 is 0 Å². The van der Waals surface area contributed by atoms with Gasteiger partial charge in [-0.15, -0.1) is 0 Å². The van der Waals surface area contributed by atoms with Crippen LogP contribution in [0.15, 0.2) is 53.6 Å². The Kier molecular flexibility index (Phi) is 4.95. The minimum Gasteiger partial charge on any atom is -0.391 e. The highest BCUT2D eigenvalue weighted by atomic mass is 16.5. The predicted molar refractivity (Wildman–Crippen MR) is 125 cm³/mol. The molecule has 4 aromatic rings. The first kappa shape index (κ1) is 20.7. The SMILES string of the molecule is Nc1ncc(-c2ccc(C3(c4noc(-c5ccc(N6CC[C@H](O)C6)nc5)n4)CCC3)cn2)cn1. The topological polar surface area (TPSA) is 140 Å². The van der Waals surface area contributed by atoms with Crippen molar-refractivity contribution in [2.24, 2.45) is 0 Å². The van der Waals surface area contributed by atoms with E-state index >= 15 is 0 Å². The number of hydrogen-bond donors (Lipinski definition) is 2. The highest BCUT2D eigenvalue weighted by Crippen LogP contribution is 2.48. The Balaban J connectivity index is 1.24. The molecule has 1 saturated carbocycles. The van der Waals surface area contributed by atoms with Crippen molar-refractivity contribution in [2.75, 3.05) is 23.7 Å². The van der Waals surface area contributed by atoms with E-state index < -0.39 is 0 Å². The predicted octanol–water partition coefficient (Wildman–Crippen LogP) is 2.61. The van der Waals surface area contributed by atoms with Crippen molar-refractivity contribution < 1.29 is 9.63 Å². The monoisotopic (exact) mass is 456 g/mol. The lowest BCUT2D eigenvalue weighted by molar-refractivity contribution is 0.198. The zero-order valence-corrected chi connectivity index (χ0v) is 18.5. The van der Waals surface area contributed by atoms with Crippen LogP contribution >= 0.6 is 0 Å². The normalized spacial score (nSPS) is 19.2. The summed E-state index contributed by atoms with van der Waals surface area (Å²) in [6.45, 7) is 1.41. The molecule has 0 spiro atoms. The Morgan fingerprint density at radius 1 is 0.971 bits per heavy atom. The molecule has 1 aliphatic heterocycles. The van der Waals surface area contributed by atoms with Crippen LogP contribution in [-0.2, 0) is 5.41 Å². The number of aliphatic hydroxyl groups is 1. The van der Waals surface area contributed by atoms with Crippen molar-refractivity contribution in [3.63, 3.8) is 0 Å². The fourth-order valence-corrected chi connectivity index (χ4v) is 4.67. The number of anilines is 2. The molecule has 172 valence electrons. The minimum atomic E-state index is -0.302. The van der Waals surface area contributed by atoms with Gasteiger partial charge in [-0.05, 0) is 43.0 Å². The molecule has 0 bridgehead atoms. The first-order valence-electron chi connectivity index (χ1n) is 11.4. The van der Waals surface area contributed by atoms with Gasteiger partial charge in [0.2, 0.25) is 5.95 Å². The number of aromatic nitrogens is 6. The van der Waals surface area contributed by atoms with Crippen molar-refractivity contribution in [3.05, 3.63) is 60.4 Å². The maximum atomic E-state index is 9.76. The molecule has 1 saturated heterocycles. The van der Waals surface area contributed by atoms with Gasteiger partial charge in [0.05, 0.1) is 22.8 Å². The summed E-state index contributed by atoms with van der Waals surface area (Å²) in [7, 11) is 0. The van der Waals surface area contributed by atoms with Gasteiger partial charge in [0, 0.05) is 43.4 Å². The van der Waals surface area contributed by atoms with Crippen molar-refractivity contribution in [3.8, 4) is 22.7 Å². The van der Waals surface area contributed by atoms with E-state index in [0.717, 1.165) is 60.4 Å². The summed E-state index contributed by atoms with van der Waals surface area (Å²) in [5.74, 6) is 2.20. The second-order valence-corrected chi connectivity index (χ2v) is 8.91. The number of nitrogens with two attached hydrogens (primary N) is 1. The number of hydrogen-bond acceptors (Lipinski definition) is 10. The molecule has 0 amide bonds. The number of pyridine rings is 2. The fourth-order valence-electron chi connectivity index (χ4n) is 4.67. The molecule has 10 nitrogen and oxygen atoms in total. The molecule has 4 aromatic heterocycles. The molecule has 3 N–H and O–H groups in total. The highest BCUT2D eigenvalue weighted by Gasteiger charge is 2.45. The first-order valence-corrected chi connectivity index (χ1v) is 11.4. The number of rotatable bonds is 5. The summed E-state index contributed by atoms with van der Waals surface area (Å²) in [6.07, 6.45) is 10.4. The maximum absolute atomic E-state index is 9.76. The van der Waals surface area contributed by atoms with E-state index in [2.05, 4.69) is 36.1 Å². The quantitative estimate of drug-likeness (QED) is 0.460. The summed E-state index contributed by atoms with van der Waals surface area (Å²) in [5, 5.41) is 14.1. The van der Waals surface area contributed by atoms with Gasteiger partial charge in [-0.1, -0.05) is 17.6 Å². The van der Waals surface area contributed by atoms with Gasteiger partial charge in [0.1, 0.15) is 5.82 Å². The molecule has 5 heterocycles. The van der Waals surface area contributed by atoms with Gasteiger partial charge in [-0.2, -0.15) is 4.98 Å². The third-order valence-corrected chi connectivity index (χ3v) is 6.83. The zero-order chi connectivity index (χ0) is 23.1. The molecule has 1 aliphatic carbocycles.